The summed E-state index contributed by atoms with van der Waals surface area (Å²) < 4.78 is 6.64. The third-order valence-corrected chi connectivity index (χ3v) is 2.90. The third kappa shape index (κ3) is 4.26. The first-order valence-electron chi connectivity index (χ1n) is 5.75. The number of nitrogens with one attached hydrogen (secondary N) is 2. The summed E-state index contributed by atoms with van der Waals surface area (Å²) in [7, 11) is 0. The van der Waals surface area contributed by atoms with Crippen LogP contribution < -0.4 is 15.4 Å². The number of ether oxygens (including phenoxy) is 1. The van der Waals surface area contributed by atoms with Gasteiger partial charge in [-0.1, -0.05) is 15.9 Å². The van der Waals surface area contributed by atoms with E-state index < -0.39 is 0 Å². The van der Waals surface area contributed by atoms with Gasteiger partial charge in [0, 0.05) is 17.6 Å². The molecule has 0 unspecified atom stereocenters. The SMILES string of the molecule is Brc1ccc(OCCNC2=NCCCN2)cc1. The molecule has 5 heteroatoms. The smallest absolute Gasteiger partial charge is 0.191 e. The van der Waals surface area contributed by atoms with E-state index in [4.69, 9.17) is 4.74 Å². The number of aliphatic imine (C=N–C) groups is 1. The lowest BCUT2D eigenvalue weighted by Gasteiger charge is -2.16. The third-order valence-electron chi connectivity index (χ3n) is 2.37. The Bertz CT molecular complexity index is 378. The highest BCUT2D eigenvalue weighted by Gasteiger charge is 2.02. The molecule has 0 saturated heterocycles. The molecule has 4 nitrogen and oxygen atoms in total. The van der Waals surface area contributed by atoms with Crippen LogP contribution >= 0.6 is 15.9 Å². The molecule has 17 heavy (non-hydrogen) atoms. The second-order valence-electron chi connectivity index (χ2n) is 3.74. The fourth-order valence-electron chi connectivity index (χ4n) is 1.52. The molecule has 2 rings (SSSR count). The Morgan fingerprint density at radius 3 is 2.88 bits per heavy atom. The van der Waals surface area contributed by atoms with Gasteiger partial charge in [-0.2, -0.15) is 0 Å². The number of hydrogen-bond donors (Lipinski definition) is 2. The molecule has 0 aromatic heterocycles. The average molecular weight is 298 g/mol. The molecule has 0 bridgehead atoms. The Morgan fingerprint density at radius 2 is 2.18 bits per heavy atom. The lowest BCUT2D eigenvalue weighted by atomic mass is 10.3. The van der Waals surface area contributed by atoms with Gasteiger partial charge in [-0.3, -0.25) is 4.99 Å². The van der Waals surface area contributed by atoms with E-state index in [0.717, 1.165) is 42.2 Å². The molecule has 0 amide bonds. The van der Waals surface area contributed by atoms with Crippen LogP contribution in [0.4, 0.5) is 0 Å². The first-order chi connectivity index (χ1) is 8.34. The quantitative estimate of drug-likeness (QED) is 0.833. The van der Waals surface area contributed by atoms with Gasteiger partial charge in [-0.05, 0) is 30.7 Å². The van der Waals surface area contributed by atoms with Gasteiger partial charge in [0.05, 0.1) is 6.54 Å². The van der Waals surface area contributed by atoms with Crippen molar-refractivity contribution in [3.8, 4) is 5.75 Å². The van der Waals surface area contributed by atoms with Crippen molar-refractivity contribution in [1.82, 2.24) is 10.6 Å². The zero-order chi connectivity index (χ0) is 11.9. The summed E-state index contributed by atoms with van der Waals surface area (Å²) in [5.74, 6) is 1.77. The highest BCUT2D eigenvalue weighted by molar-refractivity contribution is 9.10. The number of halogens is 1. The van der Waals surface area contributed by atoms with Crippen LogP contribution in [0.1, 0.15) is 6.42 Å². The maximum absolute atomic E-state index is 5.59. The van der Waals surface area contributed by atoms with E-state index in [1.54, 1.807) is 0 Å². The van der Waals surface area contributed by atoms with Crippen LogP contribution in [0.3, 0.4) is 0 Å². The molecule has 1 aromatic carbocycles. The summed E-state index contributed by atoms with van der Waals surface area (Å²) >= 11 is 3.39. The summed E-state index contributed by atoms with van der Waals surface area (Å²) in [6, 6.07) is 7.83. The minimum atomic E-state index is 0.627. The van der Waals surface area contributed by atoms with Crippen LogP contribution in [-0.4, -0.2) is 32.2 Å². The lowest BCUT2D eigenvalue weighted by molar-refractivity contribution is 0.321. The molecular weight excluding hydrogens is 282 g/mol. The standard InChI is InChI=1S/C12H16BrN3O/c13-10-2-4-11(5-3-10)17-9-8-16-12-14-6-1-7-15-12/h2-5H,1,6-9H2,(H2,14,15,16). The van der Waals surface area contributed by atoms with Crippen molar-refractivity contribution >= 4 is 21.9 Å². The summed E-state index contributed by atoms with van der Waals surface area (Å²) in [5.41, 5.74) is 0. The Kier molecular flexibility index (Phi) is 4.67. The van der Waals surface area contributed by atoms with Gasteiger partial charge in [0.2, 0.25) is 0 Å². The molecule has 0 saturated carbocycles. The monoisotopic (exact) mass is 297 g/mol. The van der Waals surface area contributed by atoms with Crippen LogP contribution in [0.25, 0.3) is 0 Å². The molecule has 2 N–H and O–H groups in total. The van der Waals surface area contributed by atoms with Crippen molar-refractivity contribution in [2.24, 2.45) is 4.99 Å². The Hall–Kier alpha value is -1.23. The summed E-state index contributed by atoms with van der Waals surface area (Å²) in [6.45, 7) is 3.28. The number of benzene rings is 1. The van der Waals surface area contributed by atoms with Gasteiger partial charge in [0.25, 0.3) is 0 Å². The highest BCUT2D eigenvalue weighted by Crippen LogP contribution is 2.15. The maximum atomic E-state index is 5.59. The Balaban J connectivity index is 1.66. The highest BCUT2D eigenvalue weighted by atomic mass is 79.9. The van der Waals surface area contributed by atoms with Crippen molar-refractivity contribution in [3.63, 3.8) is 0 Å². The van der Waals surface area contributed by atoms with E-state index in [9.17, 15) is 0 Å². The molecular formula is C12H16BrN3O. The van der Waals surface area contributed by atoms with Gasteiger partial charge in [-0.25, -0.2) is 0 Å². The van der Waals surface area contributed by atoms with Crippen LogP contribution in [0.15, 0.2) is 33.7 Å². The van der Waals surface area contributed by atoms with E-state index in [2.05, 4.69) is 31.6 Å². The van der Waals surface area contributed by atoms with E-state index in [1.165, 1.54) is 0 Å². The van der Waals surface area contributed by atoms with E-state index in [0.29, 0.717) is 6.61 Å². The number of hydrogen-bond acceptors (Lipinski definition) is 4. The zero-order valence-electron chi connectivity index (χ0n) is 9.58. The minimum Gasteiger partial charge on any atom is -0.492 e. The van der Waals surface area contributed by atoms with Gasteiger partial charge in [0.15, 0.2) is 5.96 Å². The van der Waals surface area contributed by atoms with Crippen molar-refractivity contribution < 1.29 is 4.74 Å². The molecule has 0 aliphatic carbocycles. The fraction of sp³-hybridized carbons (Fsp3) is 0.417. The van der Waals surface area contributed by atoms with Crippen LogP contribution in [0.5, 0.6) is 5.75 Å². The largest absolute Gasteiger partial charge is 0.492 e. The molecule has 0 fully saturated rings. The van der Waals surface area contributed by atoms with Crippen molar-refractivity contribution in [1.29, 1.82) is 0 Å². The van der Waals surface area contributed by atoms with Crippen LogP contribution in [0, 0.1) is 0 Å². The molecule has 0 spiro atoms. The first kappa shape index (κ1) is 12.2. The number of rotatable bonds is 4. The Labute approximate surface area is 110 Å². The molecule has 1 heterocycles. The van der Waals surface area contributed by atoms with Gasteiger partial charge in [-0.15, -0.1) is 0 Å². The molecule has 0 atom stereocenters. The second-order valence-corrected chi connectivity index (χ2v) is 4.66. The first-order valence-corrected chi connectivity index (χ1v) is 6.54. The second kappa shape index (κ2) is 6.49. The maximum Gasteiger partial charge on any atom is 0.191 e. The summed E-state index contributed by atoms with van der Waals surface area (Å²) in [5, 5.41) is 6.41. The summed E-state index contributed by atoms with van der Waals surface area (Å²) in [4.78, 5) is 4.32. The molecule has 1 aliphatic rings. The minimum absolute atomic E-state index is 0.627. The molecule has 92 valence electrons. The number of guanidine groups is 1. The molecule has 1 aliphatic heterocycles. The zero-order valence-corrected chi connectivity index (χ0v) is 11.2. The van der Waals surface area contributed by atoms with E-state index in [1.807, 2.05) is 24.3 Å². The van der Waals surface area contributed by atoms with E-state index >= 15 is 0 Å². The fourth-order valence-corrected chi connectivity index (χ4v) is 1.78. The van der Waals surface area contributed by atoms with Gasteiger partial charge < -0.3 is 15.4 Å². The Morgan fingerprint density at radius 1 is 1.35 bits per heavy atom. The van der Waals surface area contributed by atoms with Crippen LogP contribution in [0.2, 0.25) is 0 Å². The van der Waals surface area contributed by atoms with Crippen molar-refractivity contribution in [2.75, 3.05) is 26.2 Å². The normalized spacial score (nSPS) is 14.8. The topological polar surface area (TPSA) is 45.6 Å². The van der Waals surface area contributed by atoms with E-state index in [-0.39, 0.29) is 0 Å². The lowest BCUT2D eigenvalue weighted by Crippen LogP contribution is -2.42. The van der Waals surface area contributed by atoms with Crippen molar-refractivity contribution in [3.05, 3.63) is 28.7 Å². The molecule has 1 aromatic rings. The predicted octanol–water partition coefficient (Wildman–Crippen LogP) is 1.77. The van der Waals surface area contributed by atoms with Gasteiger partial charge >= 0.3 is 0 Å². The van der Waals surface area contributed by atoms with Gasteiger partial charge in [0.1, 0.15) is 12.4 Å². The molecule has 0 radical (unpaired) electrons. The van der Waals surface area contributed by atoms with Crippen LogP contribution in [-0.2, 0) is 0 Å². The predicted molar refractivity (Wildman–Crippen MR) is 72.6 cm³/mol. The number of nitrogens with zero attached hydrogens (tertiary/aromatic N) is 1. The van der Waals surface area contributed by atoms with Crippen molar-refractivity contribution in [2.45, 2.75) is 6.42 Å². The summed E-state index contributed by atoms with van der Waals surface area (Å²) in [6.07, 6.45) is 1.11. The average Bonchev–Trinajstić information content (AvgIpc) is 2.38.